The van der Waals surface area contributed by atoms with Crippen LogP contribution in [0, 0.1) is 0 Å². The molecule has 1 unspecified atom stereocenters. The standard InChI is InChI=1S/C15H28N4O2/c1-5-17-15(2,14(20)21)8-6-7-10-18(3)12-13-16-9-11-19(13)4/h9,11,17H,5-8,10,12H2,1-4H3,(H,20,21). The van der Waals surface area contributed by atoms with Crippen LogP contribution < -0.4 is 5.32 Å². The fourth-order valence-electron chi connectivity index (χ4n) is 2.39. The Balaban J connectivity index is 2.29. The van der Waals surface area contributed by atoms with Crippen molar-refractivity contribution in [1.29, 1.82) is 0 Å². The zero-order valence-corrected chi connectivity index (χ0v) is 13.6. The summed E-state index contributed by atoms with van der Waals surface area (Å²) in [6, 6.07) is 0. The van der Waals surface area contributed by atoms with Crippen molar-refractivity contribution in [1.82, 2.24) is 19.8 Å². The number of likely N-dealkylation sites (N-methyl/N-ethyl adjacent to an activating group) is 1. The Morgan fingerprint density at radius 3 is 2.76 bits per heavy atom. The molecule has 0 fully saturated rings. The average Bonchev–Trinajstić information content (AvgIpc) is 2.80. The first-order chi connectivity index (χ1) is 9.89. The number of aliphatic carboxylic acids is 1. The molecule has 0 aromatic carbocycles. The third-order valence-corrected chi connectivity index (χ3v) is 3.84. The molecule has 0 radical (unpaired) electrons. The number of nitrogens with zero attached hydrogens (tertiary/aromatic N) is 3. The molecule has 0 saturated carbocycles. The monoisotopic (exact) mass is 296 g/mol. The van der Waals surface area contributed by atoms with Gasteiger partial charge in [0.2, 0.25) is 0 Å². The second-order valence-corrected chi connectivity index (χ2v) is 5.82. The molecule has 0 aliphatic rings. The number of rotatable bonds is 10. The summed E-state index contributed by atoms with van der Waals surface area (Å²) >= 11 is 0. The van der Waals surface area contributed by atoms with E-state index in [0.29, 0.717) is 13.0 Å². The molecule has 120 valence electrons. The van der Waals surface area contributed by atoms with E-state index in [1.54, 1.807) is 13.1 Å². The molecule has 1 aromatic rings. The van der Waals surface area contributed by atoms with Crippen molar-refractivity contribution in [3.05, 3.63) is 18.2 Å². The Bertz CT molecular complexity index is 447. The first-order valence-corrected chi connectivity index (χ1v) is 7.52. The highest BCUT2D eigenvalue weighted by atomic mass is 16.4. The molecule has 2 N–H and O–H groups in total. The van der Waals surface area contributed by atoms with Gasteiger partial charge in [-0.3, -0.25) is 9.69 Å². The van der Waals surface area contributed by atoms with Crippen LogP contribution in [-0.4, -0.2) is 51.2 Å². The summed E-state index contributed by atoms with van der Waals surface area (Å²) in [6.07, 6.45) is 6.26. The van der Waals surface area contributed by atoms with Crippen LogP contribution in [0.15, 0.2) is 12.4 Å². The van der Waals surface area contributed by atoms with Crippen LogP contribution in [0.1, 0.15) is 38.9 Å². The van der Waals surface area contributed by atoms with Crippen LogP contribution in [-0.2, 0) is 18.4 Å². The number of aromatic nitrogens is 2. The maximum Gasteiger partial charge on any atom is 0.323 e. The predicted octanol–water partition coefficient (Wildman–Crippen LogP) is 1.47. The van der Waals surface area contributed by atoms with Crippen LogP contribution in [0.3, 0.4) is 0 Å². The molecule has 1 rings (SSSR count). The number of carboxylic acids is 1. The Morgan fingerprint density at radius 1 is 1.52 bits per heavy atom. The topological polar surface area (TPSA) is 70.4 Å². The van der Waals surface area contributed by atoms with E-state index in [-0.39, 0.29) is 0 Å². The van der Waals surface area contributed by atoms with Gasteiger partial charge in [-0.2, -0.15) is 0 Å². The fraction of sp³-hybridized carbons (Fsp3) is 0.733. The summed E-state index contributed by atoms with van der Waals surface area (Å²) in [7, 11) is 4.06. The van der Waals surface area contributed by atoms with Crippen LogP contribution in [0.5, 0.6) is 0 Å². The summed E-state index contributed by atoms with van der Waals surface area (Å²) in [6.45, 7) is 6.11. The predicted molar refractivity (Wildman–Crippen MR) is 83.1 cm³/mol. The molecule has 0 bridgehead atoms. The second-order valence-electron chi connectivity index (χ2n) is 5.82. The molecule has 0 spiro atoms. The third-order valence-electron chi connectivity index (χ3n) is 3.84. The lowest BCUT2D eigenvalue weighted by atomic mass is 9.95. The van der Waals surface area contributed by atoms with E-state index >= 15 is 0 Å². The van der Waals surface area contributed by atoms with Crippen molar-refractivity contribution in [3.8, 4) is 0 Å². The first kappa shape index (κ1) is 17.7. The van der Waals surface area contributed by atoms with Crippen LogP contribution in [0.2, 0.25) is 0 Å². The molecule has 1 heterocycles. The number of hydrogen-bond acceptors (Lipinski definition) is 4. The van der Waals surface area contributed by atoms with Crippen molar-refractivity contribution in [2.45, 2.75) is 45.2 Å². The minimum Gasteiger partial charge on any atom is -0.480 e. The van der Waals surface area contributed by atoms with Gasteiger partial charge in [0.05, 0.1) is 6.54 Å². The van der Waals surface area contributed by atoms with Crippen molar-refractivity contribution >= 4 is 5.97 Å². The Morgan fingerprint density at radius 2 is 2.24 bits per heavy atom. The van der Waals surface area contributed by atoms with Crippen LogP contribution in [0.25, 0.3) is 0 Å². The SMILES string of the molecule is CCNC(C)(CCCCN(C)Cc1nccn1C)C(=O)O. The van der Waals surface area contributed by atoms with Gasteiger partial charge >= 0.3 is 5.97 Å². The van der Waals surface area contributed by atoms with Crippen molar-refractivity contribution in [2.75, 3.05) is 20.1 Å². The summed E-state index contributed by atoms with van der Waals surface area (Å²) in [5, 5.41) is 12.4. The third kappa shape index (κ3) is 5.47. The minimum absolute atomic E-state index is 0.645. The van der Waals surface area contributed by atoms with Gasteiger partial charge in [0.1, 0.15) is 11.4 Å². The number of hydrogen-bond donors (Lipinski definition) is 2. The number of carboxylic acid groups (broad SMARTS) is 1. The number of unbranched alkanes of at least 4 members (excludes halogenated alkanes) is 1. The highest BCUT2D eigenvalue weighted by Gasteiger charge is 2.30. The molecule has 21 heavy (non-hydrogen) atoms. The largest absolute Gasteiger partial charge is 0.480 e. The minimum atomic E-state index is -0.813. The Kier molecular flexibility index (Phi) is 6.84. The van der Waals surface area contributed by atoms with Gasteiger partial charge in [0.15, 0.2) is 0 Å². The molecule has 6 nitrogen and oxygen atoms in total. The smallest absolute Gasteiger partial charge is 0.323 e. The average molecular weight is 296 g/mol. The van der Waals surface area contributed by atoms with E-state index in [2.05, 4.69) is 22.2 Å². The molecule has 6 heteroatoms. The lowest BCUT2D eigenvalue weighted by molar-refractivity contribution is -0.144. The van der Waals surface area contributed by atoms with E-state index in [0.717, 1.165) is 31.8 Å². The maximum absolute atomic E-state index is 11.3. The Labute approximate surface area is 127 Å². The molecule has 0 saturated heterocycles. The van der Waals surface area contributed by atoms with E-state index in [1.807, 2.05) is 24.7 Å². The van der Waals surface area contributed by atoms with E-state index in [9.17, 15) is 9.90 Å². The fourth-order valence-corrected chi connectivity index (χ4v) is 2.39. The zero-order valence-electron chi connectivity index (χ0n) is 13.6. The quantitative estimate of drug-likeness (QED) is 0.640. The lowest BCUT2D eigenvalue weighted by Crippen LogP contribution is -2.49. The summed E-state index contributed by atoms with van der Waals surface area (Å²) < 4.78 is 2.02. The van der Waals surface area contributed by atoms with E-state index in [4.69, 9.17) is 0 Å². The van der Waals surface area contributed by atoms with Crippen LogP contribution >= 0.6 is 0 Å². The first-order valence-electron chi connectivity index (χ1n) is 7.52. The molecule has 0 aliphatic carbocycles. The van der Waals surface area contributed by atoms with Gasteiger partial charge in [-0.1, -0.05) is 6.92 Å². The van der Waals surface area contributed by atoms with Gasteiger partial charge in [-0.15, -0.1) is 0 Å². The normalized spacial score (nSPS) is 14.3. The van der Waals surface area contributed by atoms with Crippen LogP contribution in [0.4, 0.5) is 0 Å². The van der Waals surface area contributed by atoms with Gasteiger partial charge in [-0.05, 0) is 46.3 Å². The molecule has 1 aromatic heterocycles. The summed E-state index contributed by atoms with van der Waals surface area (Å²) in [5.41, 5.74) is -0.813. The second kappa shape index (κ2) is 8.14. The molecule has 0 amide bonds. The number of imidazole rings is 1. The van der Waals surface area contributed by atoms with Crippen molar-refractivity contribution in [3.63, 3.8) is 0 Å². The number of nitrogens with one attached hydrogen (secondary N) is 1. The lowest BCUT2D eigenvalue weighted by Gasteiger charge is -2.26. The highest BCUT2D eigenvalue weighted by Crippen LogP contribution is 2.14. The zero-order chi connectivity index (χ0) is 15.9. The van der Waals surface area contributed by atoms with Gasteiger partial charge < -0.3 is 15.0 Å². The van der Waals surface area contributed by atoms with Gasteiger partial charge in [-0.25, -0.2) is 4.98 Å². The van der Waals surface area contributed by atoms with Gasteiger partial charge in [0, 0.05) is 19.4 Å². The number of carbonyl (C=O) groups is 1. The molecular weight excluding hydrogens is 268 g/mol. The molecule has 0 aliphatic heterocycles. The summed E-state index contributed by atoms with van der Waals surface area (Å²) in [5.74, 6) is 0.270. The number of aryl methyl sites for hydroxylation is 1. The maximum atomic E-state index is 11.3. The summed E-state index contributed by atoms with van der Waals surface area (Å²) in [4.78, 5) is 17.8. The van der Waals surface area contributed by atoms with Crippen molar-refractivity contribution in [2.24, 2.45) is 7.05 Å². The van der Waals surface area contributed by atoms with E-state index < -0.39 is 11.5 Å². The molecule has 1 atom stereocenters. The van der Waals surface area contributed by atoms with Crippen molar-refractivity contribution < 1.29 is 9.90 Å². The highest BCUT2D eigenvalue weighted by molar-refractivity contribution is 5.78. The molecular formula is C15H28N4O2. The Hall–Kier alpha value is -1.40. The van der Waals surface area contributed by atoms with Gasteiger partial charge in [0.25, 0.3) is 0 Å². The van der Waals surface area contributed by atoms with E-state index in [1.165, 1.54) is 0 Å².